The van der Waals surface area contributed by atoms with Crippen molar-refractivity contribution in [1.82, 2.24) is 4.98 Å². The molecular formula is C16H25NO3S. The SMILES string of the molecule is COC(c1nc(CC(C)C)c(C(=O)O)s1)C1CCCCC1. The van der Waals surface area contributed by atoms with E-state index >= 15 is 0 Å². The molecule has 0 aromatic carbocycles. The van der Waals surface area contributed by atoms with Crippen LogP contribution >= 0.6 is 11.3 Å². The highest BCUT2D eigenvalue weighted by atomic mass is 32.1. The minimum atomic E-state index is -0.868. The Bertz CT molecular complexity index is 478. The van der Waals surface area contributed by atoms with Crippen LogP contribution in [0.15, 0.2) is 0 Å². The number of thiazole rings is 1. The molecule has 4 nitrogen and oxygen atoms in total. The summed E-state index contributed by atoms with van der Waals surface area (Å²) in [7, 11) is 1.71. The molecule has 118 valence electrons. The molecular weight excluding hydrogens is 286 g/mol. The van der Waals surface area contributed by atoms with Crippen LogP contribution < -0.4 is 0 Å². The number of methoxy groups -OCH3 is 1. The van der Waals surface area contributed by atoms with Gasteiger partial charge in [-0.3, -0.25) is 0 Å². The van der Waals surface area contributed by atoms with Crippen molar-refractivity contribution in [3.05, 3.63) is 15.6 Å². The van der Waals surface area contributed by atoms with Crippen molar-refractivity contribution in [2.24, 2.45) is 11.8 Å². The lowest BCUT2D eigenvalue weighted by Crippen LogP contribution is -2.18. The highest BCUT2D eigenvalue weighted by molar-refractivity contribution is 7.13. The number of hydrogen-bond acceptors (Lipinski definition) is 4. The van der Waals surface area contributed by atoms with Crippen LogP contribution in [0, 0.1) is 11.8 Å². The monoisotopic (exact) mass is 311 g/mol. The third-order valence-electron chi connectivity index (χ3n) is 4.09. The van der Waals surface area contributed by atoms with E-state index in [4.69, 9.17) is 4.74 Å². The topological polar surface area (TPSA) is 59.4 Å². The van der Waals surface area contributed by atoms with Gasteiger partial charge in [-0.05, 0) is 31.1 Å². The standard InChI is InChI=1S/C16H25NO3S/c1-10(2)9-12-14(16(18)19)21-15(17-12)13(20-3)11-7-5-4-6-8-11/h10-11,13H,4-9H2,1-3H3,(H,18,19). The molecule has 1 aromatic heterocycles. The molecule has 1 heterocycles. The maximum Gasteiger partial charge on any atom is 0.347 e. The average Bonchev–Trinajstić information content (AvgIpc) is 2.84. The highest BCUT2D eigenvalue weighted by Crippen LogP contribution is 2.39. The van der Waals surface area contributed by atoms with Crippen LogP contribution in [-0.2, 0) is 11.2 Å². The normalized spacial score (nSPS) is 18.1. The van der Waals surface area contributed by atoms with Gasteiger partial charge in [0.2, 0.25) is 0 Å². The smallest absolute Gasteiger partial charge is 0.347 e. The molecule has 1 aromatic rings. The Morgan fingerprint density at radius 3 is 2.57 bits per heavy atom. The van der Waals surface area contributed by atoms with Gasteiger partial charge in [-0.25, -0.2) is 9.78 Å². The highest BCUT2D eigenvalue weighted by Gasteiger charge is 2.29. The second kappa shape index (κ2) is 7.36. The van der Waals surface area contributed by atoms with E-state index in [1.807, 2.05) is 0 Å². The quantitative estimate of drug-likeness (QED) is 0.850. The molecule has 1 atom stereocenters. The van der Waals surface area contributed by atoms with Crippen molar-refractivity contribution in [3.63, 3.8) is 0 Å². The molecule has 0 aliphatic heterocycles. The number of carboxylic acid groups (broad SMARTS) is 1. The largest absolute Gasteiger partial charge is 0.477 e. The number of hydrogen-bond donors (Lipinski definition) is 1. The van der Waals surface area contributed by atoms with Crippen LogP contribution in [0.2, 0.25) is 0 Å². The number of rotatable bonds is 6. The summed E-state index contributed by atoms with van der Waals surface area (Å²) in [4.78, 5) is 16.4. The van der Waals surface area contributed by atoms with Gasteiger partial charge in [-0.2, -0.15) is 0 Å². The van der Waals surface area contributed by atoms with Gasteiger partial charge < -0.3 is 9.84 Å². The molecule has 1 N–H and O–H groups in total. The fourth-order valence-electron chi connectivity index (χ4n) is 3.12. The van der Waals surface area contributed by atoms with Gasteiger partial charge >= 0.3 is 5.97 Å². The molecule has 1 aliphatic carbocycles. The third kappa shape index (κ3) is 4.04. The maximum absolute atomic E-state index is 11.4. The van der Waals surface area contributed by atoms with Gasteiger partial charge in [0, 0.05) is 7.11 Å². The Balaban J connectivity index is 2.26. The van der Waals surface area contributed by atoms with Crippen LogP contribution in [0.25, 0.3) is 0 Å². The van der Waals surface area contributed by atoms with E-state index in [-0.39, 0.29) is 6.10 Å². The Morgan fingerprint density at radius 1 is 1.38 bits per heavy atom. The van der Waals surface area contributed by atoms with E-state index in [1.54, 1.807) is 7.11 Å². The van der Waals surface area contributed by atoms with Crippen molar-refractivity contribution in [2.45, 2.75) is 58.5 Å². The minimum absolute atomic E-state index is 0.0469. The number of nitrogens with zero attached hydrogens (tertiary/aromatic N) is 1. The van der Waals surface area contributed by atoms with Crippen LogP contribution in [0.3, 0.4) is 0 Å². The van der Waals surface area contributed by atoms with Gasteiger partial charge in [0.1, 0.15) is 16.0 Å². The van der Waals surface area contributed by atoms with E-state index in [0.29, 0.717) is 23.1 Å². The Labute approximate surface area is 130 Å². The summed E-state index contributed by atoms with van der Waals surface area (Å²) in [6.45, 7) is 4.17. The van der Waals surface area contributed by atoms with Gasteiger partial charge in [0.05, 0.1) is 5.69 Å². The molecule has 1 unspecified atom stereocenters. The summed E-state index contributed by atoms with van der Waals surface area (Å²) in [5.41, 5.74) is 0.718. The molecule has 0 radical (unpaired) electrons. The second-order valence-electron chi connectivity index (χ2n) is 6.29. The van der Waals surface area contributed by atoms with Crippen molar-refractivity contribution in [1.29, 1.82) is 0 Å². The Kier molecular flexibility index (Phi) is 5.76. The van der Waals surface area contributed by atoms with Crippen molar-refractivity contribution >= 4 is 17.3 Å². The van der Waals surface area contributed by atoms with Gasteiger partial charge in [0.25, 0.3) is 0 Å². The summed E-state index contributed by atoms with van der Waals surface area (Å²) < 4.78 is 5.68. The van der Waals surface area contributed by atoms with E-state index in [0.717, 1.165) is 23.5 Å². The first-order valence-corrected chi connectivity index (χ1v) is 8.60. The minimum Gasteiger partial charge on any atom is -0.477 e. The van der Waals surface area contributed by atoms with E-state index in [2.05, 4.69) is 18.8 Å². The lowest BCUT2D eigenvalue weighted by molar-refractivity contribution is 0.0351. The Morgan fingerprint density at radius 2 is 2.05 bits per heavy atom. The predicted molar refractivity (Wildman–Crippen MR) is 83.9 cm³/mol. The van der Waals surface area contributed by atoms with Crippen LogP contribution in [-0.4, -0.2) is 23.2 Å². The molecule has 1 saturated carbocycles. The predicted octanol–water partition coefficient (Wildman–Crippen LogP) is 4.31. The summed E-state index contributed by atoms with van der Waals surface area (Å²) in [5, 5.41) is 10.2. The van der Waals surface area contributed by atoms with Crippen LogP contribution in [0.1, 0.15) is 72.4 Å². The number of aromatic nitrogens is 1. The second-order valence-corrected chi connectivity index (χ2v) is 7.32. The van der Waals surface area contributed by atoms with E-state index < -0.39 is 5.97 Å². The van der Waals surface area contributed by atoms with Gasteiger partial charge in [0.15, 0.2) is 0 Å². The zero-order chi connectivity index (χ0) is 15.4. The molecule has 21 heavy (non-hydrogen) atoms. The number of aromatic carboxylic acids is 1. The molecule has 0 amide bonds. The summed E-state index contributed by atoms with van der Waals surface area (Å²) in [6, 6.07) is 0. The van der Waals surface area contributed by atoms with Gasteiger partial charge in [-0.1, -0.05) is 33.1 Å². The number of carboxylic acids is 1. The summed E-state index contributed by atoms with van der Waals surface area (Å²) in [6.07, 6.45) is 6.73. The van der Waals surface area contributed by atoms with Gasteiger partial charge in [-0.15, -0.1) is 11.3 Å². The van der Waals surface area contributed by atoms with E-state index in [1.165, 1.54) is 30.6 Å². The summed E-state index contributed by atoms with van der Waals surface area (Å²) >= 11 is 1.30. The fraction of sp³-hybridized carbons (Fsp3) is 0.750. The Hall–Kier alpha value is -0.940. The molecule has 1 fully saturated rings. The first kappa shape index (κ1) is 16.4. The zero-order valence-electron chi connectivity index (χ0n) is 13.1. The zero-order valence-corrected chi connectivity index (χ0v) is 13.9. The molecule has 5 heteroatoms. The maximum atomic E-state index is 11.4. The molecule has 0 saturated heterocycles. The van der Waals surface area contributed by atoms with E-state index in [9.17, 15) is 9.90 Å². The summed E-state index contributed by atoms with van der Waals surface area (Å²) in [5.74, 6) is 0.00469. The van der Waals surface area contributed by atoms with Crippen molar-refractivity contribution in [2.75, 3.05) is 7.11 Å². The molecule has 0 bridgehead atoms. The van der Waals surface area contributed by atoms with Crippen molar-refractivity contribution in [3.8, 4) is 0 Å². The number of carbonyl (C=O) groups is 1. The van der Waals surface area contributed by atoms with Crippen molar-refractivity contribution < 1.29 is 14.6 Å². The average molecular weight is 311 g/mol. The third-order valence-corrected chi connectivity index (χ3v) is 5.23. The lowest BCUT2D eigenvalue weighted by atomic mass is 9.85. The first-order chi connectivity index (χ1) is 10.0. The number of ether oxygens (including phenoxy) is 1. The first-order valence-electron chi connectivity index (χ1n) is 7.78. The van der Waals surface area contributed by atoms with Crippen LogP contribution in [0.4, 0.5) is 0 Å². The van der Waals surface area contributed by atoms with Crippen LogP contribution in [0.5, 0.6) is 0 Å². The molecule has 0 spiro atoms. The molecule has 2 rings (SSSR count). The molecule has 1 aliphatic rings. The fourth-order valence-corrected chi connectivity index (χ4v) is 4.22. The lowest BCUT2D eigenvalue weighted by Gasteiger charge is -2.27.